The number of nitrogen functional groups attached to an aromatic ring is 1. The van der Waals surface area contributed by atoms with Crippen molar-refractivity contribution >= 4 is 29.0 Å². The van der Waals surface area contributed by atoms with Crippen LogP contribution in [0.25, 0.3) is 22.4 Å². The van der Waals surface area contributed by atoms with Crippen molar-refractivity contribution in [2.24, 2.45) is 0 Å². The van der Waals surface area contributed by atoms with E-state index < -0.39 is 0 Å². The van der Waals surface area contributed by atoms with Gasteiger partial charge in [0.1, 0.15) is 23.3 Å². The lowest BCUT2D eigenvalue weighted by Gasteiger charge is -2.11. The van der Waals surface area contributed by atoms with Crippen molar-refractivity contribution in [3.8, 4) is 28.5 Å². The Morgan fingerprint density at radius 2 is 1.71 bits per heavy atom. The second-order valence-electron chi connectivity index (χ2n) is 5.06. The van der Waals surface area contributed by atoms with E-state index in [0.717, 1.165) is 0 Å². The average Bonchev–Trinajstić information content (AvgIpc) is 2.55. The fraction of sp³-hybridized carbons (Fsp3) is 0. The van der Waals surface area contributed by atoms with Gasteiger partial charge in [-0.3, -0.25) is 0 Å². The summed E-state index contributed by atoms with van der Waals surface area (Å²) in [6.45, 7) is 0. The van der Waals surface area contributed by atoms with Crippen molar-refractivity contribution in [3.63, 3.8) is 0 Å². The van der Waals surface area contributed by atoms with E-state index in [1.165, 1.54) is 12.1 Å². The molecule has 0 saturated carbocycles. The van der Waals surface area contributed by atoms with Crippen LogP contribution in [0, 0.1) is 17.1 Å². The molecule has 0 fully saturated rings. The fourth-order valence-electron chi connectivity index (χ4n) is 2.37. The minimum absolute atomic E-state index is 0.0836. The molecule has 3 aromatic rings. The third kappa shape index (κ3) is 3.05. The predicted molar refractivity (Wildman–Crippen MR) is 94.2 cm³/mol. The molecular weight excluding hydrogens is 348 g/mol. The number of hydrogen-bond acceptors (Lipinski definition) is 3. The SMILES string of the molecule is N#Cc1c(-c2ccc(Cl)cc2Cl)cc(-c2ccc(F)cc2)nc1N. The molecule has 0 atom stereocenters. The maximum atomic E-state index is 13.1. The molecule has 0 amide bonds. The zero-order valence-electron chi connectivity index (χ0n) is 12.2. The Morgan fingerprint density at radius 1 is 1.00 bits per heavy atom. The number of halogens is 3. The summed E-state index contributed by atoms with van der Waals surface area (Å²) in [6, 6.07) is 14.6. The number of hydrogen-bond donors (Lipinski definition) is 1. The van der Waals surface area contributed by atoms with Gasteiger partial charge in [0.15, 0.2) is 0 Å². The molecule has 6 heteroatoms. The van der Waals surface area contributed by atoms with Gasteiger partial charge in [-0.25, -0.2) is 9.37 Å². The largest absolute Gasteiger partial charge is 0.383 e. The van der Waals surface area contributed by atoms with Crippen LogP contribution in [0.3, 0.4) is 0 Å². The van der Waals surface area contributed by atoms with Crippen molar-refractivity contribution in [1.82, 2.24) is 4.98 Å². The van der Waals surface area contributed by atoms with Crippen LogP contribution in [0.1, 0.15) is 5.56 Å². The lowest BCUT2D eigenvalue weighted by Crippen LogP contribution is -2.00. The second-order valence-corrected chi connectivity index (χ2v) is 5.90. The van der Waals surface area contributed by atoms with Gasteiger partial charge in [0.2, 0.25) is 0 Å². The molecular formula is C18H10Cl2FN3. The van der Waals surface area contributed by atoms with E-state index >= 15 is 0 Å². The molecule has 0 aliphatic heterocycles. The monoisotopic (exact) mass is 357 g/mol. The maximum absolute atomic E-state index is 13.1. The Balaban J connectivity index is 2.24. The Hall–Kier alpha value is -2.61. The third-order valence-corrected chi connectivity index (χ3v) is 4.07. The standard InChI is InChI=1S/C18H10Cl2FN3/c19-11-3-6-13(16(20)7-11)14-8-17(24-18(23)15(14)9-22)10-1-4-12(21)5-2-10/h1-8H,(H2,23,24). The van der Waals surface area contributed by atoms with Crippen LogP contribution in [0.4, 0.5) is 10.2 Å². The van der Waals surface area contributed by atoms with Gasteiger partial charge in [-0.05, 0) is 42.5 Å². The summed E-state index contributed by atoms with van der Waals surface area (Å²) in [7, 11) is 0. The van der Waals surface area contributed by atoms with E-state index in [1.807, 2.05) is 0 Å². The topological polar surface area (TPSA) is 62.7 Å². The molecule has 1 aromatic heterocycles. The zero-order chi connectivity index (χ0) is 17.3. The summed E-state index contributed by atoms with van der Waals surface area (Å²) in [5, 5.41) is 10.3. The smallest absolute Gasteiger partial charge is 0.142 e. The normalized spacial score (nSPS) is 10.4. The van der Waals surface area contributed by atoms with Crippen molar-refractivity contribution in [2.75, 3.05) is 5.73 Å². The molecule has 0 spiro atoms. The average molecular weight is 358 g/mol. The lowest BCUT2D eigenvalue weighted by atomic mass is 9.98. The Morgan fingerprint density at radius 3 is 2.33 bits per heavy atom. The Bertz CT molecular complexity index is 963. The molecule has 0 saturated heterocycles. The summed E-state index contributed by atoms with van der Waals surface area (Å²) in [6.07, 6.45) is 0. The molecule has 0 aliphatic rings. The summed E-state index contributed by atoms with van der Waals surface area (Å²) < 4.78 is 13.1. The number of rotatable bonds is 2. The Labute approximate surface area is 148 Å². The molecule has 0 unspecified atom stereocenters. The van der Waals surface area contributed by atoms with Gasteiger partial charge in [0.25, 0.3) is 0 Å². The number of aromatic nitrogens is 1. The van der Waals surface area contributed by atoms with E-state index in [9.17, 15) is 9.65 Å². The first kappa shape index (κ1) is 16.3. The van der Waals surface area contributed by atoms with Crippen LogP contribution in [0.5, 0.6) is 0 Å². The van der Waals surface area contributed by atoms with Gasteiger partial charge < -0.3 is 5.73 Å². The van der Waals surface area contributed by atoms with Crippen LogP contribution >= 0.6 is 23.2 Å². The number of benzene rings is 2. The van der Waals surface area contributed by atoms with Crippen molar-refractivity contribution in [3.05, 3.63) is 70.0 Å². The van der Waals surface area contributed by atoms with Gasteiger partial charge in [-0.15, -0.1) is 0 Å². The fourth-order valence-corrected chi connectivity index (χ4v) is 2.88. The molecule has 118 valence electrons. The minimum atomic E-state index is -0.346. The first-order chi connectivity index (χ1) is 11.5. The van der Waals surface area contributed by atoms with Gasteiger partial charge in [-0.2, -0.15) is 5.26 Å². The molecule has 0 radical (unpaired) electrons. The number of anilines is 1. The summed E-state index contributed by atoms with van der Waals surface area (Å²) in [5.74, 6) is -0.262. The van der Waals surface area contributed by atoms with E-state index in [0.29, 0.717) is 32.4 Å². The van der Waals surface area contributed by atoms with Crippen LogP contribution in [0.2, 0.25) is 10.0 Å². The van der Waals surface area contributed by atoms with E-state index in [2.05, 4.69) is 11.1 Å². The predicted octanol–water partition coefficient (Wildman–Crippen LogP) is 5.32. The quantitative estimate of drug-likeness (QED) is 0.675. The lowest BCUT2D eigenvalue weighted by molar-refractivity contribution is 0.628. The summed E-state index contributed by atoms with van der Waals surface area (Å²) in [5.41, 5.74) is 8.54. The third-order valence-electron chi connectivity index (χ3n) is 3.52. The Kier molecular flexibility index (Phi) is 4.39. The second kappa shape index (κ2) is 6.48. The summed E-state index contributed by atoms with van der Waals surface area (Å²) in [4.78, 5) is 4.24. The molecule has 2 N–H and O–H groups in total. The van der Waals surface area contributed by atoms with Crippen molar-refractivity contribution < 1.29 is 4.39 Å². The van der Waals surface area contributed by atoms with Gasteiger partial charge >= 0.3 is 0 Å². The van der Waals surface area contributed by atoms with Gasteiger partial charge in [0, 0.05) is 26.7 Å². The minimum Gasteiger partial charge on any atom is -0.383 e. The summed E-state index contributed by atoms with van der Waals surface area (Å²) >= 11 is 12.2. The first-order valence-corrected chi connectivity index (χ1v) is 7.67. The van der Waals surface area contributed by atoms with E-state index in [1.54, 1.807) is 36.4 Å². The highest BCUT2D eigenvalue weighted by atomic mass is 35.5. The van der Waals surface area contributed by atoms with Crippen LogP contribution in [0.15, 0.2) is 48.5 Å². The molecule has 0 aliphatic carbocycles. The molecule has 0 bridgehead atoms. The maximum Gasteiger partial charge on any atom is 0.142 e. The molecule has 3 nitrogen and oxygen atoms in total. The van der Waals surface area contributed by atoms with Gasteiger partial charge in [0.05, 0.1) is 5.69 Å². The number of nitrogens with two attached hydrogens (primary N) is 1. The number of nitriles is 1. The van der Waals surface area contributed by atoms with E-state index in [-0.39, 0.29) is 17.2 Å². The van der Waals surface area contributed by atoms with Crippen molar-refractivity contribution in [2.45, 2.75) is 0 Å². The van der Waals surface area contributed by atoms with Crippen molar-refractivity contribution in [1.29, 1.82) is 5.26 Å². The molecule has 3 rings (SSSR count). The van der Waals surface area contributed by atoms with Gasteiger partial charge in [-0.1, -0.05) is 29.3 Å². The van der Waals surface area contributed by atoms with Crippen LogP contribution in [-0.4, -0.2) is 4.98 Å². The van der Waals surface area contributed by atoms with Crippen LogP contribution in [-0.2, 0) is 0 Å². The molecule has 24 heavy (non-hydrogen) atoms. The zero-order valence-corrected chi connectivity index (χ0v) is 13.7. The number of pyridine rings is 1. The first-order valence-electron chi connectivity index (χ1n) is 6.91. The molecule has 1 heterocycles. The number of nitrogens with zero attached hydrogens (tertiary/aromatic N) is 2. The van der Waals surface area contributed by atoms with E-state index in [4.69, 9.17) is 28.9 Å². The highest BCUT2D eigenvalue weighted by molar-refractivity contribution is 6.36. The highest BCUT2D eigenvalue weighted by Gasteiger charge is 2.15. The molecule has 2 aromatic carbocycles. The highest BCUT2D eigenvalue weighted by Crippen LogP contribution is 2.36. The van der Waals surface area contributed by atoms with Crippen LogP contribution < -0.4 is 5.73 Å².